The summed E-state index contributed by atoms with van der Waals surface area (Å²) in [6, 6.07) is 1.92. The molecule has 132 valence electrons. The van der Waals surface area contributed by atoms with Gasteiger partial charge in [0.05, 0.1) is 24.6 Å². The zero-order valence-electron chi connectivity index (χ0n) is 14.7. The lowest BCUT2D eigenvalue weighted by Crippen LogP contribution is -2.31. The summed E-state index contributed by atoms with van der Waals surface area (Å²) in [7, 11) is 0. The molecule has 3 aromatic heterocycles. The standard InChI is InChI=1S/C17H23N7O/c1-10-4-15(23-22-10)20-16-8-18-14-7-19-24(17(14)21-16)9-13-5-11(2)25-12(3)6-13/h4,7-8,11-13H,5-6,9H2,1-3H3,(H2,20,21,22,23)/t11-,12+,13?. The Kier molecular flexibility index (Phi) is 4.12. The number of hydrogen-bond acceptors (Lipinski definition) is 6. The second-order valence-electron chi connectivity index (χ2n) is 6.95. The fourth-order valence-electron chi connectivity index (χ4n) is 3.59. The van der Waals surface area contributed by atoms with Crippen molar-refractivity contribution >= 4 is 22.8 Å². The van der Waals surface area contributed by atoms with Crippen molar-refractivity contribution in [3.05, 3.63) is 24.2 Å². The first-order valence-electron chi connectivity index (χ1n) is 8.70. The molecule has 1 saturated heterocycles. The van der Waals surface area contributed by atoms with Crippen molar-refractivity contribution < 1.29 is 4.74 Å². The van der Waals surface area contributed by atoms with Crippen LogP contribution in [0.4, 0.5) is 11.6 Å². The van der Waals surface area contributed by atoms with E-state index >= 15 is 0 Å². The summed E-state index contributed by atoms with van der Waals surface area (Å²) in [5.74, 6) is 1.92. The summed E-state index contributed by atoms with van der Waals surface area (Å²) >= 11 is 0. The van der Waals surface area contributed by atoms with E-state index in [-0.39, 0.29) is 0 Å². The Hall–Kier alpha value is -2.48. The van der Waals surface area contributed by atoms with Crippen LogP contribution in [-0.2, 0) is 11.3 Å². The van der Waals surface area contributed by atoms with Gasteiger partial charge in [-0.05, 0) is 39.5 Å². The van der Waals surface area contributed by atoms with E-state index in [2.05, 4.69) is 44.4 Å². The molecule has 1 unspecified atom stereocenters. The highest BCUT2D eigenvalue weighted by atomic mass is 16.5. The van der Waals surface area contributed by atoms with Crippen LogP contribution in [0.5, 0.6) is 0 Å². The summed E-state index contributed by atoms with van der Waals surface area (Å²) in [4.78, 5) is 9.14. The van der Waals surface area contributed by atoms with Crippen LogP contribution in [-0.4, -0.2) is 42.2 Å². The molecule has 25 heavy (non-hydrogen) atoms. The highest BCUT2D eigenvalue weighted by Crippen LogP contribution is 2.27. The molecule has 8 nitrogen and oxygen atoms in total. The number of hydrogen-bond donors (Lipinski definition) is 2. The van der Waals surface area contributed by atoms with Crippen molar-refractivity contribution in [3.63, 3.8) is 0 Å². The lowest BCUT2D eigenvalue weighted by molar-refractivity contribution is -0.0552. The Labute approximate surface area is 146 Å². The number of anilines is 2. The van der Waals surface area contributed by atoms with Crippen LogP contribution < -0.4 is 5.32 Å². The van der Waals surface area contributed by atoms with Crippen molar-refractivity contribution in [3.8, 4) is 0 Å². The smallest absolute Gasteiger partial charge is 0.178 e. The molecule has 1 aliphatic rings. The molecule has 3 atom stereocenters. The zero-order chi connectivity index (χ0) is 17.4. The molecule has 8 heteroatoms. The predicted octanol–water partition coefficient (Wildman–Crippen LogP) is 2.81. The minimum absolute atomic E-state index is 0.293. The van der Waals surface area contributed by atoms with E-state index in [1.807, 2.05) is 17.7 Å². The quantitative estimate of drug-likeness (QED) is 0.758. The van der Waals surface area contributed by atoms with Crippen molar-refractivity contribution in [2.45, 2.75) is 52.4 Å². The first-order chi connectivity index (χ1) is 12.1. The molecule has 4 rings (SSSR count). The van der Waals surface area contributed by atoms with Crippen LogP contribution in [0.3, 0.4) is 0 Å². The van der Waals surface area contributed by atoms with Crippen LogP contribution in [0.25, 0.3) is 11.2 Å². The Morgan fingerprint density at radius 2 is 2.04 bits per heavy atom. The molecule has 0 bridgehead atoms. The normalized spacial score (nSPS) is 23.9. The molecule has 0 spiro atoms. The number of ether oxygens (including phenoxy) is 1. The Morgan fingerprint density at radius 1 is 1.24 bits per heavy atom. The molecular formula is C17H23N7O. The fraction of sp³-hybridized carbons (Fsp3) is 0.529. The van der Waals surface area contributed by atoms with E-state index in [0.29, 0.717) is 23.9 Å². The van der Waals surface area contributed by atoms with Gasteiger partial charge in [-0.1, -0.05) is 0 Å². The average molecular weight is 341 g/mol. The van der Waals surface area contributed by atoms with E-state index < -0.39 is 0 Å². The fourth-order valence-corrected chi connectivity index (χ4v) is 3.59. The Morgan fingerprint density at radius 3 is 2.76 bits per heavy atom. The molecule has 0 radical (unpaired) electrons. The highest BCUT2D eigenvalue weighted by molar-refractivity contribution is 5.71. The van der Waals surface area contributed by atoms with Crippen LogP contribution in [0, 0.1) is 12.8 Å². The average Bonchev–Trinajstić information content (AvgIpc) is 3.13. The van der Waals surface area contributed by atoms with E-state index in [0.717, 1.165) is 42.1 Å². The maximum atomic E-state index is 5.83. The lowest BCUT2D eigenvalue weighted by atomic mass is 9.92. The number of nitrogens with one attached hydrogen (secondary N) is 2. The summed E-state index contributed by atoms with van der Waals surface area (Å²) in [6.45, 7) is 7.06. The summed E-state index contributed by atoms with van der Waals surface area (Å²) in [5.41, 5.74) is 2.59. The van der Waals surface area contributed by atoms with Crippen LogP contribution in [0.1, 0.15) is 32.4 Å². The number of aryl methyl sites for hydroxylation is 1. The van der Waals surface area contributed by atoms with Crippen molar-refractivity contribution in [2.75, 3.05) is 5.32 Å². The first kappa shape index (κ1) is 16.0. The third kappa shape index (κ3) is 3.48. The van der Waals surface area contributed by atoms with E-state index in [4.69, 9.17) is 4.74 Å². The number of rotatable bonds is 4. The van der Waals surface area contributed by atoms with E-state index in [1.54, 1.807) is 12.4 Å². The van der Waals surface area contributed by atoms with Gasteiger partial charge in [0.25, 0.3) is 0 Å². The molecule has 1 aliphatic heterocycles. The molecule has 4 heterocycles. The van der Waals surface area contributed by atoms with Gasteiger partial charge in [-0.15, -0.1) is 0 Å². The minimum atomic E-state index is 0.293. The molecule has 3 aromatic rings. The van der Waals surface area contributed by atoms with Crippen LogP contribution in [0.2, 0.25) is 0 Å². The minimum Gasteiger partial charge on any atom is -0.376 e. The summed E-state index contributed by atoms with van der Waals surface area (Å²) in [5, 5.41) is 14.7. The number of nitrogens with zero attached hydrogens (tertiary/aromatic N) is 5. The van der Waals surface area contributed by atoms with Crippen molar-refractivity contribution in [2.24, 2.45) is 5.92 Å². The molecule has 0 aliphatic carbocycles. The number of fused-ring (bicyclic) bond motifs is 1. The number of aromatic nitrogens is 6. The third-order valence-corrected chi connectivity index (χ3v) is 4.53. The van der Waals surface area contributed by atoms with Gasteiger partial charge in [0.1, 0.15) is 5.52 Å². The monoisotopic (exact) mass is 341 g/mol. The van der Waals surface area contributed by atoms with Crippen LogP contribution in [0.15, 0.2) is 18.5 Å². The second-order valence-corrected chi connectivity index (χ2v) is 6.95. The number of aromatic amines is 1. The predicted molar refractivity (Wildman–Crippen MR) is 94.7 cm³/mol. The third-order valence-electron chi connectivity index (χ3n) is 4.53. The van der Waals surface area contributed by atoms with Gasteiger partial charge in [-0.25, -0.2) is 14.6 Å². The maximum absolute atomic E-state index is 5.83. The second kappa shape index (κ2) is 6.44. The molecule has 0 saturated carbocycles. The Bertz CT molecular complexity index is 861. The summed E-state index contributed by atoms with van der Waals surface area (Å²) < 4.78 is 7.79. The van der Waals surface area contributed by atoms with E-state index in [9.17, 15) is 0 Å². The van der Waals surface area contributed by atoms with Gasteiger partial charge in [-0.2, -0.15) is 10.2 Å². The zero-order valence-corrected chi connectivity index (χ0v) is 14.7. The van der Waals surface area contributed by atoms with Gasteiger partial charge >= 0.3 is 0 Å². The molecular weight excluding hydrogens is 318 g/mol. The molecule has 2 N–H and O–H groups in total. The first-order valence-corrected chi connectivity index (χ1v) is 8.70. The molecule has 1 fully saturated rings. The molecule has 0 amide bonds. The van der Waals surface area contributed by atoms with Gasteiger partial charge in [0.2, 0.25) is 0 Å². The largest absolute Gasteiger partial charge is 0.376 e. The topological polar surface area (TPSA) is 93.5 Å². The number of H-pyrrole nitrogens is 1. The molecule has 0 aromatic carbocycles. The SMILES string of the molecule is Cc1cc(Nc2cnc3cnn(CC4C[C@@H](C)O[C@@H](C)C4)c3n2)n[nH]1. The van der Waals surface area contributed by atoms with Crippen molar-refractivity contribution in [1.29, 1.82) is 0 Å². The highest BCUT2D eigenvalue weighted by Gasteiger charge is 2.25. The Balaban J connectivity index is 1.56. The van der Waals surface area contributed by atoms with Gasteiger partial charge in [0.15, 0.2) is 17.3 Å². The summed E-state index contributed by atoms with van der Waals surface area (Å²) in [6.07, 6.45) is 6.16. The van der Waals surface area contributed by atoms with Crippen molar-refractivity contribution in [1.82, 2.24) is 29.9 Å². The van der Waals surface area contributed by atoms with Crippen LogP contribution >= 0.6 is 0 Å². The maximum Gasteiger partial charge on any atom is 0.178 e. The van der Waals surface area contributed by atoms with Gasteiger partial charge in [0, 0.05) is 18.3 Å². The van der Waals surface area contributed by atoms with Gasteiger partial charge in [-0.3, -0.25) is 5.10 Å². The lowest BCUT2D eigenvalue weighted by Gasteiger charge is -2.32. The van der Waals surface area contributed by atoms with E-state index in [1.165, 1.54) is 0 Å². The van der Waals surface area contributed by atoms with Gasteiger partial charge < -0.3 is 10.1 Å².